The number of aromatic nitrogens is 18. The molecule has 131 heavy (non-hydrogen) atoms. The van der Waals surface area contributed by atoms with Gasteiger partial charge >= 0.3 is 24.1 Å². The van der Waals surface area contributed by atoms with E-state index in [2.05, 4.69) is 157 Å². The van der Waals surface area contributed by atoms with Crippen LogP contribution in [0.15, 0.2) is 312 Å². The fraction of sp³-hybridized carbons (Fsp3) is 0.163. The molecule has 30 nitrogen and oxygen atoms in total. The lowest BCUT2D eigenvalue weighted by molar-refractivity contribution is -0.193. The lowest BCUT2D eigenvalue weighted by Gasteiger charge is -2.07. The highest BCUT2D eigenvalue weighted by atomic mass is 32.1. The number of H-pyrrole nitrogens is 4. The van der Waals surface area contributed by atoms with E-state index in [1.807, 2.05) is 226 Å². The lowest BCUT2D eigenvalue weighted by atomic mass is 10.1. The highest BCUT2D eigenvalue weighted by Crippen LogP contribution is 2.26. The van der Waals surface area contributed by atoms with Gasteiger partial charge in [-0.05, 0) is 192 Å². The van der Waals surface area contributed by atoms with E-state index in [4.69, 9.17) is 41.0 Å². The van der Waals surface area contributed by atoms with Gasteiger partial charge in [-0.3, -0.25) is 38.4 Å². The van der Waals surface area contributed by atoms with Crippen molar-refractivity contribution in [2.75, 3.05) is 0 Å². The maximum Gasteiger partial charge on any atom is 0.373 e. The van der Waals surface area contributed by atoms with E-state index in [0.29, 0.717) is 40.3 Å². The van der Waals surface area contributed by atoms with Crippen molar-refractivity contribution in [3.63, 3.8) is 0 Å². The number of carbonyl (C=O) groups is 1. The topological polar surface area (TPSA) is 404 Å². The van der Waals surface area contributed by atoms with Crippen molar-refractivity contribution >= 4 is 64.7 Å². The lowest BCUT2D eigenvalue weighted by Crippen LogP contribution is -2.35. The van der Waals surface area contributed by atoms with E-state index in [1.165, 1.54) is 62.9 Å². The van der Waals surface area contributed by atoms with Gasteiger partial charge in [0.1, 0.15) is 22.9 Å². The van der Waals surface area contributed by atoms with Crippen LogP contribution in [0.1, 0.15) is 90.1 Å². The van der Waals surface area contributed by atoms with E-state index in [9.17, 15) is 28.4 Å². The summed E-state index contributed by atoms with van der Waals surface area (Å²) in [5.74, 6) is 1.28. The van der Waals surface area contributed by atoms with Crippen LogP contribution in [0.25, 0.3) is 78.6 Å². The number of rotatable bonds is 14. The molecule has 5 N–H and O–H groups in total. The predicted molar refractivity (Wildman–Crippen MR) is 500 cm³/mol. The summed E-state index contributed by atoms with van der Waals surface area (Å²) in [5.41, 5.74) is 19.6. The SMILES string of the molecule is CC(C)NC(=O)Cc1ccccc1.CC1=CCc2c1nc(C)[nH]c2=O.CCc1ccc(-c2cnn(-c3ccccc3)c2)cc1.CCn1c(-c2cnccn2)n[nH]c1=S.Cc1cc(=O)n(Cc2ccccc2)c(=O)[nH]1.Cc1cc(F)cc(-c2cnn(-c3ccccc3)c2)c1.Cc1ccc(-c2cnn(-c3ccccc3)c2)cc1.Cc1snc2c(=O)[nH]cnc12.O=C=O.O=C=O.O=C=O. The first-order valence-corrected chi connectivity index (χ1v) is 41.9. The monoisotopic (exact) mass is 1800 g/mol. The Morgan fingerprint density at radius 1 is 0.542 bits per heavy atom. The van der Waals surface area contributed by atoms with Crippen LogP contribution in [-0.4, -0.2) is 118 Å². The summed E-state index contributed by atoms with van der Waals surface area (Å²) in [6, 6.07) is 73.1. The first kappa shape index (κ1) is 99.9. The van der Waals surface area contributed by atoms with Gasteiger partial charge in [0.05, 0.1) is 66.8 Å². The van der Waals surface area contributed by atoms with Crippen molar-refractivity contribution in [1.82, 2.24) is 93.3 Å². The summed E-state index contributed by atoms with van der Waals surface area (Å²) in [6.45, 7) is 20.5. The molecule has 1 aliphatic carbocycles. The summed E-state index contributed by atoms with van der Waals surface area (Å²) in [5, 5.41) is 22.8. The van der Waals surface area contributed by atoms with E-state index in [1.54, 1.807) is 43.3 Å². The maximum absolute atomic E-state index is 13.4. The van der Waals surface area contributed by atoms with Gasteiger partial charge in [-0.1, -0.05) is 188 Å². The Kier molecular flexibility index (Phi) is 39.9. The zero-order valence-electron chi connectivity index (χ0n) is 73.3. The van der Waals surface area contributed by atoms with Crippen LogP contribution in [0.5, 0.6) is 0 Å². The zero-order valence-corrected chi connectivity index (χ0v) is 74.9. The molecule has 0 saturated heterocycles. The van der Waals surface area contributed by atoms with Gasteiger partial charge in [0.2, 0.25) is 5.91 Å². The Balaban J connectivity index is 0.000000183. The number of nitrogens with zero attached hydrogens (tertiary/aromatic N) is 14. The number of fused-ring (bicyclic) bond motifs is 2. The first-order valence-electron chi connectivity index (χ1n) is 40.7. The Morgan fingerprint density at radius 3 is 1.52 bits per heavy atom. The highest BCUT2D eigenvalue weighted by Gasteiger charge is 2.17. The van der Waals surface area contributed by atoms with Crippen molar-refractivity contribution < 1.29 is 38.0 Å². The molecule has 17 aromatic rings. The second-order valence-corrected chi connectivity index (χ2v) is 30.1. The fourth-order valence-corrected chi connectivity index (χ4v) is 13.4. The molecule has 0 bridgehead atoms. The number of halogens is 1. The summed E-state index contributed by atoms with van der Waals surface area (Å²) in [4.78, 5) is 131. The smallest absolute Gasteiger partial charge is 0.354 e. The predicted octanol–water partition coefficient (Wildman–Crippen LogP) is 16.0. The molecule has 33 heteroatoms. The molecule has 666 valence electrons. The van der Waals surface area contributed by atoms with Crippen LogP contribution in [0, 0.1) is 45.2 Å². The van der Waals surface area contributed by atoms with E-state index >= 15 is 0 Å². The molecule has 0 spiro atoms. The van der Waals surface area contributed by atoms with Gasteiger partial charge in [0.15, 0.2) is 16.1 Å². The highest BCUT2D eigenvalue weighted by molar-refractivity contribution is 7.71. The molecule has 18 rings (SSSR count). The van der Waals surface area contributed by atoms with Crippen LogP contribution < -0.4 is 27.7 Å². The van der Waals surface area contributed by atoms with Crippen molar-refractivity contribution in [2.24, 2.45) is 0 Å². The van der Waals surface area contributed by atoms with E-state index in [-0.39, 0.29) is 58.6 Å². The first-order chi connectivity index (χ1) is 63.3. The Labute approximate surface area is 761 Å². The molecule has 0 unspecified atom stereocenters. The van der Waals surface area contributed by atoms with Gasteiger partial charge in [0.25, 0.3) is 16.7 Å². The van der Waals surface area contributed by atoms with Crippen LogP contribution >= 0.6 is 23.8 Å². The number of hydrogen-bond donors (Lipinski definition) is 5. The van der Waals surface area contributed by atoms with Gasteiger partial charge < -0.3 is 20.3 Å². The van der Waals surface area contributed by atoms with Crippen molar-refractivity contribution in [3.05, 3.63) is 400 Å². The third-order valence-corrected chi connectivity index (χ3v) is 19.7. The van der Waals surface area contributed by atoms with Gasteiger partial charge in [-0.2, -0.15) is 53.5 Å². The van der Waals surface area contributed by atoms with Crippen LogP contribution in [-0.2, 0) is 65.9 Å². The second-order valence-electron chi connectivity index (χ2n) is 28.7. The standard InChI is InChI=1S/C17H16N2.C16H13FN2.C16H14N2.C12H12N2O2.C11H15NO.C9H10N2O.C8H9N5S.C6H5N3OS.3CO2/c1-2-14-8-10-15(11-9-14)16-12-18-19(13-16)17-6-4-3-5-7-17;1-12-7-13(9-15(17)8-12)14-10-18-19(11-14)16-5-3-2-4-6-16;1-13-7-9-14(10-8-13)15-11-17-18(12-15)16-5-3-2-4-6-16;1-9-7-11(15)14(12(16)13-9)8-10-5-3-2-4-6-10;1-9(2)12-11(13)8-10-6-4-3-5-7-10;1-5-3-4-7-8(5)10-6(2)11-9(7)12;1-2-13-7(11-12-8(13)14)6-5-9-3-4-10-6;1-3-4-5(9-11-3)6(10)8-2-7-4;3*2-1-3/h3-13H,2H2,1H3;2-11H,1H3;2-12H,1H3;2-7H,8H2,1H3,(H,13,16);3-7,9H,8H2,1-2H3,(H,12,13);3H,4H2,1-2H3,(H,10,11,12);3-5H,2H2,1H3,(H,12,14);2H,1H3,(H,7,8,10);;;. The molecule has 0 aliphatic heterocycles. The molecule has 1 amide bonds. The fourth-order valence-electron chi connectivity index (χ4n) is 12.5. The Bertz CT molecular complexity index is 6840. The number of aryl methyl sites for hydroxylation is 6. The number of carbonyl (C=O) groups excluding carboxylic acids is 7. The van der Waals surface area contributed by atoms with Crippen LogP contribution in [0.4, 0.5) is 4.39 Å². The summed E-state index contributed by atoms with van der Waals surface area (Å²) in [6.07, 6.45) is 23.0. The number of nitrogens with one attached hydrogen (secondary N) is 5. The molecule has 0 fully saturated rings. The molecule has 9 aromatic heterocycles. The third-order valence-electron chi connectivity index (χ3n) is 18.7. The van der Waals surface area contributed by atoms with Gasteiger partial charge in [-0.15, -0.1) is 0 Å². The molecule has 0 atom stereocenters. The minimum Gasteiger partial charge on any atom is -0.354 e. The number of para-hydroxylation sites is 3. The van der Waals surface area contributed by atoms with Crippen molar-refractivity contribution in [2.45, 2.75) is 108 Å². The van der Waals surface area contributed by atoms with E-state index in [0.717, 1.165) is 109 Å². The molecule has 8 aromatic carbocycles. The van der Waals surface area contributed by atoms with Gasteiger partial charge in [-0.25, -0.2) is 38.2 Å². The minimum atomic E-state index is -0.367. The average molecular weight is 1800 g/mol. The molecule has 9 heterocycles. The molecular weight excluding hydrogens is 1700 g/mol. The number of benzene rings is 8. The number of amides is 1. The van der Waals surface area contributed by atoms with Crippen molar-refractivity contribution in [3.8, 4) is 62.0 Å². The Morgan fingerprint density at radius 2 is 1.05 bits per heavy atom. The molecular formula is C98H94FN19O11S2. The number of hydrogen-bond acceptors (Lipinski definition) is 22. The van der Waals surface area contributed by atoms with Gasteiger partial charge in [0, 0.05) is 82.5 Å². The number of allylic oxidation sites excluding steroid dienone is 2. The van der Waals surface area contributed by atoms with Crippen LogP contribution in [0.3, 0.4) is 0 Å². The summed E-state index contributed by atoms with van der Waals surface area (Å²) >= 11 is 6.37. The molecule has 0 saturated carbocycles. The normalized spacial score (nSPS) is 10.3. The second kappa shape index (κ2) is 52.4. The average Bonchev–Trinajstić information content (AvgIpc) is 1.68. The zero-order chi connectivity index (χ0) is 94.6. The quantitative estimate of drug-likeness (QED) is 0.0631. The maximum atomic E-state index is 13.4. The third kappa shape index (κ3) is 31.5. The van der Waals surface area contributed by atoms with E-state index < -0.39 is 0 Å². The summed E-state index contributed by atoms with van der Waals surface area (Å²) < 4.78 is 26.6. The number of aromatic amines is 4. The Hall–Kier alpha value is -16.6. The molecule has 1 aliphatic rings. The summed E-state index contributed by atoms with van der Waals surface area (Å²) in [7, 11) is 0. The molecule has 0 radical (unpaired) electrons. The minimum absolute atomic E-state index is 0.00519. The van der Waals surface area contributed by atoms with Crippen LogP contribution in [0.2, 0.25) is 0 Å². The largest absolute Gasteiger partial charge is 0.373 e. The van der Waals surface area contributed by atoms with Crippen molar-refractivity contribution in [1.29, 1.82) is 0 Å².